The molecule has 0 aromatic carbocycles. The van der Waals surface area contributed by atoms with Crippen LogP contribution in [0.1, 0.15) is 37.9 Å². The molecular formula is C14H22N2O2. The zero-order valence-corrected chi connectivity index (χ0v) is 11.4. The van der Waals surface area contributed by atoms with E-state index in [4.69, 9.17) is 0 Å². The highest BCUT2D eigenvalue weighted by atomic mass is 16.4. The highest BCUT2D eigenvalue weighted by molar-refractivity contribution is 5.74. The Hall–Kier alpha value is -1.42. The lowest BCUT2D eigenvalue weighted by atomic mass is 9.82. The van der Waals surface area contributed by atoms with Crippen molar-refractivity contribution in [2.75, 3.05) is 6.54 Å². The van der Waals surface area contributed by atoms with Crippen molar-refractivity contribution in [1.82, 2.24) is 10.3 Å². The van der Waals surface area contributed by atoms with E-state index in [1.54, 1.807) is 6.20 Å². The molecule has 0 fully saturated rings. The molecule has 1 heterocycles. The molecule has 2 N–H and O–H groups in total. The zero-order chi connectivity index (χ0) is 13.6. The third-order valence-corrected chi connectivity index (χ3v) is 3.70. The molecule has 1 aromatic rings. The van der Waals surface area contributed by atoms with Gasteiger partial charge in [-0.15, -0.1) is 0 Å². The van der Waals surface area contributed by atoms with Gasteiger partial charge in [0, 0.05) is 25.0 Å². The lowest BCUT2D eigenvalue weighted by Crippen LogP contribution is -2.40. The first-order valence-electron chi connectivity index (χ1n) is 6.40. The van der Waals surface area contributed by atoms with Gasteiger partial charge in [-0.25, -0.2) is 0 Å². The summed E-state index contributed by atoms with van der Waals surface area (Å²) in [5.41, 5.74) is 1.44. The van der Waals surface area contributed by atoms with Crippen LogP contribution in [0, 0.1) is 12.3 Å². The van der Waals surface area contributed by atoms with Gasteiger partial charge in [0.15, 0.2) is 0 Å². The number of hydrogen-bond acceptors (Lipinski definition) is 3. The average molecular weight is 250 g/mol. The fourth-order valence-corrected chi connectivity index (χ4v) is 2.02. The second-order valence-electron chi connectivity index (χ2n) is 4.64. The number of aryl methyl sites for hydroxylation is 1. The summed E-state index contributed by atoms with van der Waals surface area (Å²) < 4.78 is 0. The van der Waals surface area contributed by atoms with E-state index < -0.39 is 11.4 Å². The third kappa shape index (κ3) is 3.29. The highest BCUT2D eigenvalue weighted by Crippen LogP contribution is 2.25. The molecule has 100 valence electrons. The second kappa shape index (κ2) is 6.50. The van der Waals surface area contributed by atoms with Gasteiger partial charge in [-0.1, -0.05) is 19.9 Å². The predicted molar refractivity (Wildman–Crippen MR) is 71.3 cm³/mol. The smallest absolute Gasteiger partial charge is 0.310 e. The van der Waals surface area contributed by atoms with E-state index in [0.717, 1.165) is 11.3 Å². The van der Waals surface area contributed by atoms with Gasteiger partial charge in [-0.3, -0.25) is 9.78 Å². The van der Waals surface area contributed by atoms with Gasteiger partial charge < -0.3 is 10.4 Å². The fourth-order valence-electron chi connectivity index (χ4n) is 2.02. The van der Waals surface area contributed by atoms with Gasteiger partial charge in [0.1, 0.15) is 0 Å². The maximum atomic E-state index is 11.3. The summed E-state index contributed by atoms with van der Waals surface area (Å²) in [7, 11) is 0. The van der Waals surface area contributed by atoms with Crippen molar-refractivity contribution < 1.29 is 9.90 Å². The average Bonchev–Trinajstić information content (AvgIpc) is 2.37. The second-order valence-corrected chi connectivity index (χ2v) is 4.64. The minimum Gasteiger partial charge on any atom is -0.481 e. The first-order valence-corrected chi connectivity index (χ1v) is 6.40. The number of pyridine rings is 1. The van der Waals surface area contributed by atoms with E-state index in [1.807, 2.05) is 32.9 Å². The van der Waals surface area contributed by atoms with Crippen LogP contribution in [0.15, 0.2) is 18.3 Å². The van der Waals surface area contributed by atoms with Crippen LogP contribution in [0.2, 0.25) is 0 Å². The van der Waals surface area contributed by atoms with Gasteiger partial charge >= 0.3 is 5.97 Å². The third-order valence-electron chi connectivity index (χ3n) is 3.70. The van der Waals surface area contributed by atoms with Crippen LogP contribution in [-0.4, -0.2) is 22.6 Å². The first kappa shape index (κ1) is 14.6. The number of aliphatic carboxylic acids is 1. The van der Waals surface area contributed by atoms with E-state index in [9.17, 15) is 9.90 Å². The molecule has 1 aromatic heterocycles. The van der Waals surface area contributed by atoms with E-state index >= 15 is 0 Å². The Kier molecular flexibility index (Phi) is 5.28. The Balaban J connectivity index is 2.60. The molecular weight excluding hydrogens is 228 g/mol. The number of carboxylic acids is 1. The van der Waals surface area contributed by atoms with E-state index in [-0.39, 0.29) is 0 Å². The van der Waals surface area contributed by atoms with Gasteiger partial charge in [0.2, 0.25) is 0 Å². The quantitative estimate of drug-likeness (QED) is 0.780. The molecule has 0 saturated heterocycles. The van der Waals surface area contributed by atoms with Crippen molar-refractivity contribution in [1.29, 1.82) is 0 Å². The molecule has 0 unspecified atom stereocenters. The number of carboxylic acid groups (broad SMARTS) is 1. The minimum atomic E-state index is -0.720. The van der Waals surface area contributed by atoms with Crippen molar-refractivity contribution in [3.63, 3.8) is 0 Å². The Morgan fingerprint density at radius 3 is 2.61 bits per heavy atom. The van der Waals surface area contributed by atoms with Crippen LogP contribution < -0.4 is 5.32 Å². The SMILES string of the molecule is CCC(CC)(CNCc1cccnc1C)C(=O)O. The molecule has 4 nitrogen and oxygen atoms in total. The lowest BCUT2D eigenvalue weighted by molar-refractivity contribution is -0.149. The summed E-state index contributed by atoms with van der Waals surface area (Å²) in [6.45, 7) is 6.96. The standard InChI is InChI=1S/C14H22N2O2/c1-4-14(5-2,13(17)18)10-15-9-12-7-6-8-16-11(12)3/h6-8,15H,4-5,9-10H2,1-3H3,(H,17,18). The number of nitrogens with zero attached hydrogens (tertiary/aromatic N) is 1. The normalized spacial score (nSPS) is 11.5. The summed E-state index contributed by atoms with van der Waals surface area (Å²) in [6, 6.07) is 3.91. The Labute approximate surface area is 108 Å². The summed E-state index contributed by atoms with van der Waals surface area (Å²) in [6.07, 6.45) is 3.04. The predicted octanol–water partition coefficient (Wildman–Crippen LogP) is 2.37. The number of aromatic nitrogens is 1. The monoisotopic (exact) mass is 250 g/mol. The number of hydrogen-bond donors (Lipinski definition) is 2. The molecule has 0 aliphatic rings. The Bertz CT molecular complexity index is 401. The Morgan fingerprint density at radius 2 is 2.11 bits per heavy atom. The molecule has 0 spiro atoms. The maximum Gasteiger partial charge on any atom is 0.310 e. The summed E-state index contributed by atoms with van der Waals surface area (Å²) in [5.74, 6) is -0.720. The van der Waals surface area contributed by atoms with Gasteiger partial charge in [0.25, 0.3) is 0 Å². The molecule has 1 rings (SSSR count). The number of nitrogens with one attached hydrogen (secondary N) is 1. The topological polar surface area (TPSA) is 62.2 Å². The molecule has 0 atom stereocenters. The largest absolute Gasteiger partial charge is 0.481 e. The Morgan fingerprint density at radius 1 is 1.44 bits per heavy atom. The number of carbonyl (C=O) groups is 1. The van der Waals surface area contributed by atoms with Gasteiger partial charge in [0.05, 0.1) is 5.41 Å². The van der Waals surface area contributed by atoms with Crippen LogP contribution in [0.3, 0.4) is 0 Å². The molecule has 0 radical (unpaired) electrons. The zero-order valence-electron chi connectivity index (χ0n) is 11.4. The highest BCUT2D eigenvalue weighted by Gasteiger charge is 2.34. The van der Waals surface area contributed by atoms with Gasteiger partial charge in [-0.05, 0) is 31.4 Å². The fraction of sp³-hybridized carbons (Fsp3) is 0.571. The number of rotatable bonds is 7. The summed E-state index contributed by atoms with van der Waals surface area (Å²) >= 11 is 0. The summed E-state index contributed by atoms with van der Waals surface area (Å²) in [5, 5.41) is 12.6. The van der Waals surface area contributed by atoms with Crippen LogP contribution in [0.4, 0.5) is 0 Å². The van der Waals surface area contributed by atoms with Crippen LogP contribution in [0.5, 0.6) is 0 Å². The van der Waals surface area contributed by atoms with Crippen LogP contribution >= 0.6 is 0 Å². The minimum absolute atomic E-state index is 0.490. The van der Waals surface area contributed by atoms with Crippen molar-refractivity contribution in [2.24, 2.45) is 5.41 Å². The van der Waals surface area contributed by atoms with E-state index in [1.165, 1.54) is 0 Å². The molecule has 4 heteroatoms. The first-order chi connectivity index (χ1) is 8.55. The van der Waals surface area contributed by atoms with E-state index in [2.05, 4.69) is 10.3 Å². The lowest BCUT2D eigenvalue weighted by Gasteiger charge is -2.27. The molecule has 0 amide bonds. The maximum absolute atomic E-state index is 11.3. The molecule has 0 saturated carbocycles. The van der Waals surface area contributed by atoms with Crippen molar-refractivity contribution in [3.8, 4) is 0 Å². The van der Waals surface area contributed by atoms with Crippen molar-refractivity contribution in [2.45, 2.75) is 40.2 Å². The van der Waals surface area contributed by atoms with Crippen molar-refractivity contribution in [3.05, 3.63) is 29.6 Å². The molecule has 0 bridgehead atoms. The van der Waals surface area contributed by atoms with E-state index in [0.29, 0.717) is 25.9 Å². The molecule has 18 heavy (non-hydrogen) atoms. The van der Waals surface area contributed by atoms with Crippen LogP contribution in [0.25, 0.3) is 0 Å². The van der Waals surface area contributed by atoms with Crippen LogP contribution in [-0.2, 0) is 11.3 Å². The summed E-state index contributed by atoms with van der Waals surface area (Å²) in [4.78, 5) is 15.6. The van der Waals surface area contributed by atoms with Crippen molar-refractivity contribution >= 4 is 5.97 Å². The molecule has 0 aliphatic heterocycles. The van der Waals surface area contributed by atoms with Gasteiger partial charge in [-0.2, -0.15) is 0 Å². The molecule has 0 aliphatic carbocycles.